The number of allylic oxidation sites excluding steroid dienone is 5. The van der Waals surface area contributed by atoms with Crippen molar-refractivity contribution >= 4 is 23.8 Å². The van der Waals surface area contributed by atoms with E-state index in [1.165, 1.54) is 12.1 Å². The van der Waals surface area contributed by atoms with Crippen molar-refractivity contribution in [2.45, 2.75) is 66.2 Å². The van der Waals surface area contributed by atoms with E-state index in [1.807, 2.05) is 54.6 Å². The van der Waals surface area contributed by atoms with Crippen molar-refractivity contribution in [3.05, 3.63) is 106 Å². The van der Waals surface area contributed by atoms with Crippen LogP contribution in [0.4, 0.5) is 4.39 Å². The molecule has 46 heavy (non-hydrogen) atoms. The molecular weight excluding hydrogens is 601 g/mol. The zero-order chi connectivity index (χ0) is 33.9. The fourth-order valence-electron chi connectivity index (χ4n) is 4.37. The average molecular weight is 654 g/mol. The molecule has 0 saturated heterocycles. The SMILES string of the molecule is CC(C)C.CC(C)CN(CC(O)C(Cc1ccccc1)NC(=O)CNC(=O)CNCc1cccc(F)c1)SC1=CC=C(N)C=CC1. The van der Waals surface area contributed by atoms with Gasteiger partial charge in [-0.1, -0.05) is 83.2 Å². The standard InChI is InChI=1S/C32H42FN5O3S.C4H10/c1-23(2)21-38(42-28-13-7-12-27(34)14-15-28)22-30(39)29(17-24-8-4-3-5-9-24)37-32(41)20-36-31(40)19-35-18-25-10-6-11-26(33)16-25;1-4(2)3/h3-12,14-16,23,29-30,35,39H,13,17-22,34H2,1-2H3,(H,36,40)(H,37,41);4H,1-3H3. The lowest BCUT2D eigenvalue weighted by atomic mass is 10.0. The van der Waals surface area contributed by atoms with Crippen LogP contribution in [0.5, 0.6) is 0 Å². The molecule has 1 aliphatic carbocycles. The molecule has 2 unspecified atom stereocenters. The van der Waals surface area contributed by atoms with E-state index in [9.17, 15) is 19.1 Å². The van der Waals surface area contributed by atoms with Crippen molar-refractivity contribution in [2.24, 2.45) is 17.6 Å². The molecule has 6 N–H and O–H groups in total. The quantitative estimate of drug-likeness (QED) is 0.161. The van der Waals surface area contributed by atoms with Gasteiger partial charge < -0.3 is 26.8 Å². The maximum absolute atomic E-state index is 13.3. The summed E-state index contributed by atoms with van der Waals surface area (Å²) in [5, 5.41) is 19.9. The molecule has 2 aromatic carbocycles. The topological polar surface area (TPSA) is 120 Å². The molecule has 1 aliphatic rings. The Morgan fingerprint density at radius 1 is 0.957 bits per heavy atom. The van der Waals surface area contributed by atoms with Crippen molar-refractivity contribution in [2.75, 3.05) is 26.2 Å². The number of hydrogen-bond acceptors (Lipinski definition) is 7. The van der Waals surface area contributed by atoms with Crippen molar-refractivity contribution in [3.8, 4) is 0 Å². The molecule has 0 heterocycles. The monoisotopic (exact) mass is 653 g/mol. The van der Waals surface area contributed by atoms with E-state index in [-0.39, 0.29) is 24.8 Å². The van der Waals surface area contributed by atoms with Crippen LogP contribution in [0, 0.1) is 17.7 Å². The Bertz CT molecular complexity index is 1300. The second-order valence-electron chi connectivity index (χ2n) is 12.4. The first kappa shape index (κ1) is 38.7. The van der Waals surface area contributed by atoms with Crippen LogP contribution in [-0.4, -0.2) is 59.6 Å². The number of hydrogen-bond donors (Lipinski definition) is 5. The van der Waals surface area contributed by atoms with Crippen LogP contribution in [0.15, 0.2) is 89.5 Å². The van der Waals surface area contributed by atoms with E-state index < -0.39 is 18.1 Å². The highest BCUT2D eigenvalue weighted by Gasteiger charge is 2.25. The highest BCUT2D eigenvalue weighted by atomic mass is 32.2. The maximum Gasteiger partial charge on any atom is 0.239 e. The van der Waals surface area contributed by atoms with Crippen LogP contribution in [0.3, 0.4) is 0 Å². The number of amides is 2. The van der Waals surface area contributed by atoms with Gasteiger partial charge in [-0.25, -0.2) is 8.70 Å². The summed E-state index contributed by atoms with van der Waals surface area (Å²) in [4.78, 5) is 26.3. The Labute approximate surface area is 278 Å². The minimum absolute atomic E-state index is 0.0207. The van der Waals surface area contributed by atoms with Gasteiger partial charge in [0.15, 0.2) is 0 Å². The third-order valence-corrected chi connectivity index (χ3v) is 7.45. The van der Waals surface area contributed by atoms with E-state index in [0.29, 0.717) is 31.1 Å². The number of nitrogens with two attached hydrogens (primary N) is 1. The molecule has 0 saturated carbocycles. The zero-order valence-electron chi connectivity index (χ0n) is 27.8. The van der Waals surface area contributed by atoms with Gasteiger partial charge in [0.05, 0.1) is 25.2 Å². The number of carbonyl (C=O) groups excluding carboxylic acids is 2. The lowest BCUT2D eigenvalue weighted by Gasteiger charge is -2.31. The predicted molar refractivity (Wildman–Crippen MR) is 188 cm³/mol. The van der Waals surface area contributed by atoms with Crippen LogP contribution in [0.2, 0.25) is 0 Å². The molecule has 8 nitrogen and oxygen atoms in total. The van der Waals surface area contributed by atoms with Crippen molar-refractivity contribution in [3.63, 3.8) is 0 Å². The largest absolute Gasteiger partial charge is 0.399 e. The summed E-state index contributed by atoms with van der Waals surface area (Å²) >= 11 is 1.59. The number of carbonyl (C=O) groups is 2. The first-order valence-electron chi connectivity index (χ1n) is 15.9. The van der Waals surface area contributed by atoms with Gasteiger partial charge in [-0.3, -0.25) is 9.59 Å². The van der Waals surface area contributed by atoms with E-state index in [2.05, 4.69) is 54.9 Å². The lowest BCUT2D eigenvalue weighted by molar-refractivity contribution is -0.126. The molecule has 2 aromatic rings. The molecule has 0 spiro atoms. The number of nitrogens with zero attached hydrogens (tertiary/aromatic N) is 1. The van der Waals surface area contributed by atoms with E-state index in [4.69, 9.17) is 5.73 Å². The van der Waals surface area contributed by atoms with Crippen LogP contribution < -0.4 is 21.7 Å². The van der Waals surface area contributed by atoms with Crippen LogP contribution >= 0.6 is 11.9 Å². The van der Waals surface area contributed by atoms with Gasteiger partial charge in [0.1, 0.15) is 5.82 Å². The molecule has 0 fully saturated rings. The lowest BCUT2D eigenvalue weighted by Crippen LogP contribution is -2.51. The highest BCUT2D eigenvalue weighted by molar-refractivity contribution is 8.00. The Balaban J connectivity index is 0.00000173. The van der Waals surface area contributed by atoms with Crippen molar-refractivity contribution < 1.29 is 19.1 Å². The van der Waals surface area contributed by atoms with Gasteiger partial charge in [-0.05, 0) is 78.1 Å². The summed E-state index contributed by atoms with van der Waals surface area (Å²) in [6, 6.07) is 15.2. The summed E-state index contributed by atoms with van der Waals surface area (Å²) in [7, 11) is 0. The second-order valence-corrected chi connectivity index (χ2v) is 13.6. The Hall–Kier alpha value is -3.44. The molecule has 2 atom stereocenters. The van der Waals surface area contributed by atoms with E-state index in [1.54, 1.807) is 24.1 Å². The van der Waals surface area contributed by atoms with Crippen molar-refractivity contribution in [1.82, 2.24) is 20.3 Å². The highest BCUT2D eigenvalue weighted by Crippen LogP contribution is 2.28. The number of halogens is 1. The smallest absolute Gasteiger partial charge is 0.239 e. The molecule has 0 bridgehead atoms. The number of benzene rings is 2. The fourth-order valence-corrected chi connectivity index (χ4v) is 5.60. The van der Waals surface area contributed by atoms with Gasteiger partial charge in [-0.2, -0.15) is 0 Å². The summed E-state index contributed by atoms with van der Waals surface area (Å²) < 4.78 is 15.5. The molecule has 0 aliphatic heterocycles. The Morgan fingerprint density at radius 2 is 1.65 bits per heavy atom. The van der Waals surface area contributed by atoms with E-state index >= 15 is 0 Å². The molecule has 0 radical (unpaired) electrons. The summed E-state index contributed by atoms with van der Waals surface area (Å²) in [6.45, 7) is 11.9. The summed E-state index contributed by atoms with van der Waals surface area (Å²) in [5.74, 6) is 0.101. The third-order valence-electron chi connectivity index (χ3n) is 6.36. The average Bonchev–Trinajstić information content (AvgIpc) is 3.19. The summed E-state index contributed by atoms with van der Waals surface area (Å²) in [6.07, 6.45) is 8.08. The predicted octanol–water partition coefficient (Wildman–Crippen LogP) is 5.07. The van der Waals surface area contributed by atoms with Crippen LogP contribution in [0.25, 0.3) is 0 Å². The van der Waals surface area contributed by atoms with Crippen molar-refractivity contribution in [1.29, 1.82) is 0 Å². The molecule has 0 aromatic heterocycles. The fraction of sp³-hybridized carbons (Fsp3) is 0.444. The first-order valence-corrected chi connectivity index (χ1v) is 16.7. The summed E-state index contributed by atoms with van der Waals surface area (Å²) in [5.41, 5.74) is 8.32. The molecular formula is C36H52FN5O3S. The van der Waals surface area contributed by atoms with E-state index in [0.717, 1.165) is 34.9 Å². The minimum atomic E-state index is -0.869. The number of nitrogens with one attached hydrogen (secondary N) is 3. The number of aliphatic hydroxyl groups excluding tert-OH is 1. The Kier molecular flexibility index (Phi) is 18.0. The Morgan fingerprint density at radius 3 is 2.33 bits per heavy atom. The third kappa shape index (κ3) is 17.3. The minimum Gasteiger partial charge on any atom is -0.399 e. The zero-order valence-corrected chi connectivity index (χ0v) is 28.7. The molecule has 2 amide bonds. The van der Waals surface area contributed by atoms with Gasteiger partial charge in [0.2, 0.25) is 11.8 Å². The van der Waals surface area contributed by atoms with Gasteiger partial charge in [-0.15, -0.1) is 0 Å². The number of aliphatic hydroxyl groups is 1. The molecule has 252 valence electrons. The number of rotatable bonds is 16. The first-order chi connectivity index (χ1) is 21.9. The van der Waals surface area contributed by atoms with Crippen LogP contribution in [-0.2, 0) is 22.6 Å². The maximum atomic E-state index is 13.3. The second kappa shape index (κ2) is 21.4. The molecule has 10 heteroatoms. The normalized spacial score (nSPS) is 14.1. The molecule has 3 rings (SSSR count). The van der Waals surface area contributed by atoms with Gasteiger partial charge in [0.25, 0.3) is 0 Å². The van der Waals surface area contributed by atoms with Crippen LogP contribution in [0.1, 0.15) is 52.2 Å². The van der Waals surface area contributed by atoms with Gasteiger partial charge in [0, 0.05) is 30.2 Å². The van der Waals surface area contributed by atoms with Gasteiger partial charge >= 0.3 is 0 Å².